The third kappa shape index (κ3) is 3.72. The van der Waals surface area contributed by atoms with Crippen molar-refractivity contribution in [2.75, 3.05) is 13.1 Å². The van der Waals surface area contributed by atoms with Crippen LogP contribution in [0.3, 0.4) is 0 Å². The molecule has 1 aromatic heterocycles. The van der Waals surface area contributed by atoms with Crippen LogP contribution in [-0.2, 0) is 0 Å². The van der Waals surface area contributed by atoms with Gasteiger partial charge in [0.25, 0.3) is 0 Å². The predicted octanol–water partition coefficient (Wildman–Crippen LogP) is 3.43. The molecule has 4 atom stereocenters. The molecule has 2 N–H and O–H groups in total. The Labute approximate surface area is 161 Å². The SMILES string of the molecule is Cc1cc(C)c2cccnc2c1O[C@@H]1C[C@@H]2CNC[C@@H]2C[C@H]1O.Cl.Cl. The molecule has 138 valence electrons. The highest BCUT2D eigenvalue weighted by atomic mass is 35.5. The first-order valence-electron chi connectivity index (χ1n) is 8.54. The number of hydrogen-bond donors (Lipinski definition) is 2. The fraction of sp³-hybridized carbons (Fsp3) is 0.526. The van der Waals surface area contributed by atoms with Crippen LogP contribution in [0.2, 0.25) is 0 Å². The van der Waals surface area contributed by atoms with Crippen LogP contribution in [0.4, 0.5) is 0 Å². The number of aliphatic hydroxyl groups excluding tert-OH is 1. The summed E-state index contributed by atoms with van der Waals surface area (Å²) in [5, 5.41) is 15.1. The van der Waals surface area contributed by atoms with E-state index in [1.54, 1.807) is 0 Å². The summed E-state index contributed by atoms with van der Waals surface area (Å²) in [4.78, 5) is 4.54. The summed E-state index contributed by atoms with van der Waals surface area (Å²) >= 11 is 0. The molecule has 1 aromatic carbocycles. The quantitative estimate of drug-likeness (QED) is 0.832. The van der Waals surface area contributed by atoms with Crippen LogP contribution in [-0.4, -0.2) is 35.4 Å². The standard InChI is InChI=1S/C19H24N2O2.2ClH/c1-11-6-12(2)19(18-15(11)4-3-5-21-18)23-17-8-14-10-20-9-13(14)7-16(17)22;;/h3-6,13-14,16-17,20,22H,7-10H2,1-2H3;2*1H/t13-,14+,16+,17+;;/m0../s1. The number of fused-ring (bicyclic) bond motifs is 2. The van der Waals surface area contributed by atoms with Gasteiger partial charge in [0, 0.05) is 11.6 Å². The summed E-state index contributed by atoms with van der Waals surface area (Å²) < 4.78 is 6.33. The van der Waals surface area contributed by atoms with Crippen molar-refractivity contribution >= 4 is 35.7 Å². The van der Waals surface area contributed by atoms with Gasteiger partial charge < -0.3 is 15.2 Å². The molecule has 0 radical (unpaired) electrons. The molecule has 6 heteroatoms. The maximum Gasteiger partial charge on any atom is 0.149 e. The molecule has 25 heavy (non-hydrogen) atoms. The Kier molecular flexibility index (Phi) is 6.55. The van der Waals surface area contributed by atoms with Gasteiger partial charge in [0.05, 0.1) is 6.10 Å². The summed E-state index contributed by atoms with van der Waals surface area (Å²) in [6, 6.07) is 6.19. The Balaban J connectivity index is 0.00000113. The van der Waals surface area contributed by atoms with Crippen molar-refractivity contribution in [1.29, 1.82) is 0 Å². The minimum absolute atomic E-state index is 0. The molecule has 1 saturated heterocycles. The lowest BCUT2D eigenvalue weighted by molar-refractivity contribution is -0.0228. The number of aliphatic hydroxyl groups is 1. The Morgan fingerprint density at radius 1 is 1.12 bits per heavy atom. The summed E-state index contributed by atoms with van der Waals surface area (Å²) in [5.41, 5.74) is 3.21. The van der Waals surface area contributed by atoms with Gasteiger partial charge in [0.1, 0.15) is 17.4 Å². The highest BCUT2D eigenvalue weighted by molar-refractivity contribution is 5.88. The largest absolute Gasteiger partial charge is 0.485 e. The van der Waals surface area contributed by atoms with E-state index in [9.17, 15) is 5.11 Å². The first kappa shape index (κ1) is 20.2. The highest BCUT2D eigenvalue weighted by Crippen LogP contribution is 2.37. The molecule has 0 amide bonds. The van der Waals surface area contributed by atoms with E-state index in [0.717, 1.165) is 48.1 Å². The molecule has 2 aliphatic rings. The second-order valence-electron chi connectivity index (χ2n) is 7.11. The summed E-state index contributed by atoms with van der Waals surface area (Å²) in [6.07, 6.45) is 3.03. The van der Waals surface area contributed by atoms with Crippen LogP contribution in [0.15, 0.2) is 24.4 Å². The van der Waals surface area contributed by atoms with E-state index in [-0.39, 0.29) is 30.9 Å². The number of aryl methyl sites for hydroxylation is 2. The lowest BCUT2D eigenvalue weighted by Gasteiger charge is -2.35. The average molecular weight is 385 g/mol. The lowest BCUT2D eigenvalue weighted by atomic mass is 9.78. The first-order valence-corrected chi connectivity index (χ1v) is 8.54. The van der Waals surface area contributed by atoms with E-state index in [0.29, 0.717) is 11.8 Å². The zero-order valence-corrected chi connectivity index (χ0v) is 16.2. The van der Waals surface area contributed by atoms with Gasteiger partial charge in [0.2, 0.25) is 0 Å². The van der Waals surface area contributed by atoms with Crippen LogP contribution < -0.4 is 10.1 Å². The fourth-order valence-electron chi connectivity index (χ4n) is 4.24. The van der Waals surface area contributed by atoms with Crippen molar-refractivity contribution in [2.24, 2.45) is 11.8 Å². The number of ether oxygens (including phenoxy) is 1. The first-order chi connectivity index (χ1) is 11.1. The molecular formula is C19H26Cl2N2O2. The molecule has 4 rings (SSSR count). The van der Waals surface area contributed by atoms with Gasteiger partial charge in [-0.1, -0.05) is 12.1 Å². The maximum absolute atomic E-state index is 10.5. The molecule has 2 fully saturated rings. The molecule has 2 aromatic rings. The second-order valence-corrected chi connectivity index (χ2v) is 7.11. The maximum atomic E-state index is 10.5. The number of rotatable bonds is 2. The molecule has 0 bridgehead atoms. The summed E-state index contributed by atoms with van der Waals surface area (Å²) in [6.45, 7) is 6.24. The van der Waals surface area contributed by atoms with E-state index >= 15 is 0 Å². The lowest BCUT2D eigenvalue weighted by Crippen LogP contribution is -2.42. The number of halogens is 2. The van der Waals surface area contributed by atoms with Crippen molar-refractivity contribution in [3.05, 3.63) is 35.5 Å². The summed E-state index contributed by atoms with van der Waals surface area (Å²) in [7, 11) is 0. The molecule has 1 aliphatic carbocycles. The number of nitrogens with one attached hydrogen (secondary N) is 1. The molecule has 4 nitrogen and oxygen atoms in total. The second kappa shape index (κ2) is 8.09. The molecule has 0 unspecified atom stereocenters. The Morgan fingerprint density at radius 3 is 2.60 bits per heavy atom. The van der Waals surface area contributed by atoms with Gasteiger partial charge in [-0.05, 0) is 68.8 Å². The third-order valence-electron chi connectivity index (χ3n) is 5.50. The number of benzene rings is 1. The van der Waals surface area contributed by atoms with Crippen molar-refractivity contribution in [3.63, 3.8) is 0 Å². The van der Waals surface area contributed by atoms with E-state index < -0.39 is 6.10 Å². The summed E-state index contributed by atoms with van der Waals surface area (Å²) in [5.74, 6) is 2.05. The van der Waals surface area contributed by atoms with Gasteiger partial charge in [-0.3, -0.25) is 4.98 Å². The van der Waals surface area contributed by atoms with Crippen LogP contribution in [0.25, 0.3) is 10.9 Å². The van der Waals surface area contributed by atoms with Crippen molar-refractivity contribution in [2.45, 2.75) is 38.9 Å². The van der Waals surface area contributed by atoms with Gasteiger partial charge >= 0.3 is 0 Å². The molecule has 1 saturated carbocycles. The third-order valence-corrected chi connectivity index (χ3v) is 5.50. The minimum atomic E-state index is -0.393. The Bertz CT molecular complexity index is 741. The van der Waals surface area contributed by atoms with E-state index in [1.165, 1.54) is 5.56 Å². The highest BCUT2D eigenvalue weighted by Gasteiger charge is 2.40. The molecular weight excluding hydrogens is 359 g/mol. The fourth-order valence-corrected chi connectivity index (χ4v) is 4.24. The smallest absolute Gasteiger partial charge is 0.149 e. The van der Waals surface area contributed by atoms with Crippen LogP contribution >= 0.6 is 24.8 Å². The number of aromatic nitrogens is 1. The van der Waals surface area contributed by atoms with E-state index in [4.69, 9.17) is 4.74 Å². The molecule has 0 spiro atoms. The van der Waals surface area contributed by atoms with Gasteiger partial charge in [-0.25, -0.2) is 0 Å². The topological polar surface area (TPSA) is 54.4 Å². The van der Waals surface area contributed by atoms with Gasteiger partial charge in [0.15, 0.2) is 0 Å². The Morgan fingerprint density at radius 2 is 1.84 bits per heavy atom. The van der Waals surface area contributed by atoms with Crippen LogP contribution in [0.5, 0.6) is 5.75 Å². The zero-order chi connectivity index (χ0) is 16.0. The van der Waals surface area contributed by atoms with E-state index in [2.05, 4.69) is 36.3 Å². The van der Waals surface area contributed by atoms with Crippen LogP contribution in [0, 0.1) is 25.7 Å². The monoisotopic (exact) mass is 384 g/mol. The van der Waals surface area contributed by atoms with Crippen molar-refractivity contribution in [3.8, 4) is 5.75 Å². The van der Waals surface area contributed by atoms with Crippen molar-refractivity contribution < 1.29 is 9.84 Å². The zero-order valence-electron chi connectivity index (χ0n) is 14.6. The average Bonchev–Trinajstić information content (AvgIpc) is 2.98. The Hall–Kier alpha value is -1.07. The van der Waals surface area contributed by atoms with E-state index in [1.807, 2.05) is 12.3 Å². The normalized spacial score (nSPS) is 28.0. The van der Waals surface area contributed by atoms with Gasteiger partial charge in [-0.2, -0.15) is 0 Å². The number of hydrogen-bond acceptors (Lipinski definition) is 4. The number of nitrogens with zero attached hydrogens (tertiary/aromatic N) is 1. The minimum Gasteiger partial charge on any atom is -0.485 e. The molecule has 1 aliphatic heterocycles. The predicted molar refractivity (Wildman–Crippen MR) is 105 cm³/mol. The van der Waals surface area contributed by atoms with Crippen LogP contribution in [0.1, 0.15) is 24.0 Å². The van der Waals surface area contributed by atoms with Crippen molar-refractivity contribution in [1.82, 2.24) is 10.3 Å². The molecule has 2 heterocycles. The number of pyridine rings is 1. The van der Waals surface area contributed by atoms with Gasteiger partial charge in [-0.15, -0.1) is 24.8 Å².